The SMILES string of the molecule is O=C(NCc1nc(-c2ccccc2)n[nH]1)c1cn[nH]c1. The molecule has 2 heterocycles. The first-order chi connectivity index (χ1) is 9.83. The van der Waals surface area contributed by atoms with Crippen molar-refractivity contribution in [3.8, 4) is 11.4 Å². The van der Waals surface area contributed by atoms with Gasteiger partial charge >= 0.3 is 0 Å². The van der Waals surface area contributed by atoms with Gasteiger partial charge < -0.3 is 5.32 Å². The molecule has 0 aliphatic heterocycles. The lowest BCUT2D eigenvalue weighted by Crippen LogP contribution is -2.22. The molecule has 0 unspecified atom stereocenters. The quantitative estimate of drug-likeness (QED) is 0.660. The van der Waals surface area contributed by atoms with E-state index in [1.165, 1.54) is 12.4 Å². The Kier molecular flexibility index (Phi) is 3.24. The molecule has 3 N–H and O–H groups in total. The fourth-order valence-corrected chi connectivity index (χ4v) is 1.73. The normalized spacial score (nSPS) is 10.4. The molecule has 0 spiro atoms. The van der Waals surface area contributed by atoms with Crippen LogP contribution in [0.1, 0.15) is 16.2 Å². The van der Waals surface area contributed by atoms with Crippen molar-refractivity contribution in [2.75, 3.05) is 0 Å². The minimum Gasteiger partial charge on any atom is -0.345 e. The van der Waals surface area contributed by atoms with Gasteiger partial charge in [0.2, 0.25) is 0 Å². The summed E-state index contributed by atoms with van der Waals surface area (Å²) in [6.07, 6.45) is 3.00. The van der Waals surface area contributed by atoms with E-state index in [-0.39, 0.29) is 12.5 Å². The second-order valence-corrected chi connectivity index (χ2v) is 4.14. The summed E-state index contributed by atoms with van der Waals surface area (Å²) in [7, 11) is 0. The van der Waals surface area contributed by atoms with Gasteiger partial charge in [-0.05, 0) is 0 Å². The summed E-state index contributed by atoms with van der Waals surface area (Å²) in [6, 6.07) is 9.63. The van der Waals surface area contributed by atoms with E-state index < -0.39 is 0 Å². The van der Waals surface area contributed by atoms with E-state index in [1.54, 1.807) is 0 Å². The summed E-state index contributed by atoms with van der Waals surface area (Å²) >= 11 is 0. The molecule has 0 aliphatic carbocycles. The Morgan fingerprint density at radius 1 is 1.25 bits per heavy atom. The molecule has 0 saturated heterocycles. The zero-order chi connectivity index (χ0) is 13.8. The molecule has 0 atom stereocenters. The number of benzene rings is 1. The molecule has 7 nitrogen and oxygen atoms in total. The molecule has 1 aromatic carbocycles. The predicted molar refractivity (Wildman–Crippen MR) is 71.6 cm³/mol. The number of hydrogen-bond donors (Lipinski definition) is 3. The highest BCUT2D eigenvalue weighted by Crippen LogP contribution is 2.13. The van der Waals surface area contributed by atoms with Gasteiger partial charge in [-0.2, -0.15) is 10.2 Å². The molecule has 0 saturated carbocycles. The van der Waals surface area contributed by atoms with Crippen LogP contribution in [-0.4, -0.2) is 31.3 Å². The summed E-state index contributed by atoms with van der Waals surface area (Å²) in [5.41, 5.74) is 1.41. The van der Waals surface area contributed by atoms with Gasteiger partial charge in [0, 0.05) is 11.8 Å². The van der Waals surface area contributed by atoms with Crippen LogP contribution in [0, 0.1) is 0 Å². The van der Waals surface area contributed by atoms with Gasteiger partial charge in [0.05, 0.1) is 18.3 Å². The van der Waals surface area contributed by atoms with Gasteiger partial charge in [-0.1, -0.05) is 30.3 Å². The molecule has 1 amide bonds. The number of H-pyrrole nitrogens is 2. The largest absolute Gasteiger partial charge is 0.345 e. The Hall–Kier alpha value is -2.96. The maximum absolute atomic E-state index is 11.7. The first-order valence-electron chi connectivity index (χ1n) is 6.06. The van der Waals surface area contributed by atoms with Crippen LogP contribution >= 0.6 is 0 Å². The highest BCUT2D eigenvalue weighted by atomic mass is 16.1. The number of hydrogen-bond acceptors (Lipinski definition) is 4. The molecule has 0 radical (unpaired) electrons. The van der Waals surface area contributed by atoms with Gasteiger partial charge in [0.15, 0.2) is 5.82 Å². The van der Waals surface area contributed by atoms with Crippen LogP contribution in [0.5, 0.6) is 0 Å². The molecular formula is C13H12N6O. The van der Waals surface area contributed by atoms with Crippen LogP contribution in [0.4, 0.5) is 0 Å². The summed E-state index contributed by atoms with van der Waals surface area (Å²) in [4.78, 5) is 16.1. The number of nitrogens with one attached hydrogen (secondary N) is 3. The Morgan fingerprint density at radius 2 is 2.10 bits per heavy atom. The second-order valence-electron chi connectivity index (χ2n) is 4.14. The zero-order valence-corrected chi connectivity index (χ0v) is 10.5. The van der Waals surface area contributed by atoms with Crippen molar-refractivity contribution in [3.05, 3.63) is 54.1 Å². The third-order valence-corrected chi connectivity index (χ3v) is 2.74. The first-order valence-corrected chi connectivity index (χ1v) is 6.06. The van der Waals surface area contributed by atoms with E-state index >= 15 is 0 Å². The first kappa shape index (κ1) is 12.1. The summed E-state index contributed by atoms with van der Waals surface area (Å²) in [5.74, 6) is 0.996. The lowest BCUT2D eigenvalue weighted by molar-refractivity contribution is 0.0950. The van der Waals surface area contributed by atoms with Crippen molar-refractivity contribution < 1.29 is 4.79 Å². The number of aromatic nitrogens is 5. The maximum Gasteiger partial charge on any atom is 0.254 e. The Balaban J connectivity index is 1.65. The second kappa shape index (κ2) is 5.35. The van der Waals surface area contributed by atoms with E-state index in [1.807, 2.05) is 30.3 Å². The number of nitrogens with zero attached hydrogens (tertiary/aromatic N) is 3. The van der Waals surface area contributed by atoms with Gasteiger partial charge in [-0.15, -0.1) is 0 Å². The average molecular weight is 268 g/mol. The summed E-state index contributed by atoms with van der Waals surface area (Å²) in [5, 5.41) is 16.0. The fraction of sp³-hybridized carbons (Fsp3) is 0.0769. The molecule has 0 aliphatic rings. The Morgan fingerprint density at radius 3 is 2.85 bits per heavy atom. The van der Waals surface area contributed by atoms with Gasteiger partial charge in [0.1, 0.15) is 5.82 Å². The van der Waals surface area contributed by atoms with Gasteiger partial charge in [-0.25, -0.2) is 4.98 Å². The molecule has 2 aromatic heterocycles. The minimum atomic E-state index is -0.212. The highest BCUT2D eigenvalue weighted by Gasteiger charge is 2.09. The standard InChI is InChI=1S/C13H12N6O/c20-13(10-6-15-16-7-10)14-8-11-17-12(19-18-11)9-4-2-1-3-5-9/h1-7H,8H2,(H,14,20)(H,15,16)(H,17,18,19). The van der Waals surface area contributed by atoms with Crippen molar-refractivity contribution in [1.82, 2.24) is 30.7 Å². The molecule has 100 valence electrons. The predicted octanol–water partition coefficient (Wildman–Crippen LogP) is 1.12. The lowest BCUT2D eigenvalue weighted by Gasteiger charge is -1.99. The monoisotopic (exact) mass is 268 g/mol. The fourth-order valence-electron chi connectivity index (χ4n) is 1.73. The van der Waals surface area contributed by atoms with E-state index in [4.69, 9.17) is 0 Å². The summed E-state index contributed by atoms with van der Waals surface area (Å²) in [6.45, 7) is 0.282. The van der Waals surface area contributed by atoms with Crippen molar-refractivity contribution in [2.45, 2.75) is 6.54 Å². The smallest absolute Gasteiger partial charge is 0.254 e. The van der Waals surface area contributed by atoms with Gasteiger partial charge in [-0.3, -0.25) is 15.0 Å². The van der Waals surface area contributed by atoms with Gasteiger partial charge in [0.25, 0.3) is 5.91 Å². The molecule has 0 bridgehead atoms. The van der Waals surface area contributed by atoms with Crippen LogP contribution in [0.2, 0.25) is 0 Å². The number of aromatic amines is 2. The number of carbonyl (C=O) groups is 1. The highest BCUT2D eigenvalue weighted by molar-refractivity contribution is 5.93. The van der Waals surface area contributed by atoms with Crippen molar-refractivity contribution >= 4 is 5.91 Å². The number of carbonyl (C=O) groups excluding carboxylic acids is 1. The van der Waals surface area contributed by atoms with Crippen LogP contribution < -0.4 is 5.32 Å². The Bertz CT molecular complexity index is 689. The molecular weight excluding hydrogens is 256 g/mol. The topological polar surface area (TPSA) is 99.3 Å². The minimum absolute atomic E-state index is 0.212. The zero-order valence-electron chi connectivity index (χ0n) is 10.5. The lowest BCUT2D eigenvalue weighted by atomic mass is 10.2. The van der Waals surface area contributed by atoms with E-state index in [0.29, 0.717) is 17.2 Å². The summed E-state index contributed by atoms with van der Waals surface area (Å²) < 4.78 is 0. The number of rotatable bonds is 4. The third-order valence-electron chi connectivity index (χ3n) is 2.74. The Labute approximate surface area is 114 Å². The van der Waals surface area contributed by atoms with Crippen molar-refractivity contribution in [2.24, 2.45) is 0 Å². The number of amides is 1. The van der Waals surface area contributed by atoms with Crippen molar-refractivity contribution in [1.29, 1.82) is 0 Å². The maximum atomic E-state index is 11.7. The van der Waals surface area contributed by atoms with Crippen molar-refractivity contribution in [3.63, 3.8) is 0 Å². The van der Waals surface area contributed by atoms with E-state index in [2.05, 4.69) is 30.7 Å². The molecule has 7 heteroatoms. The third kappa shape index (κ3) is 2.56. The van der Waals surface area contributed by atoms with Crippen LogP contribution in [0.15, 0.2) is 42.7 Å². The van der Waals surface area contributed by atoms with E-state index in [9.17, 15) is 4.79 Å². The van der Waals surface area contributed by atoms with Crippen LogP contribution in [-0.2, 0) is 6.54 Å². The average Bonchev–Trinajstić information content (AvgIpc) is 3.17. The van der Waals surface area contributed by atoms with E-state index in [0.717, 1.165) is 5.56 Å². The molecule has 3 rings (SSSR count). The molecule has 20 heavy (non-hydrogen) atoms. The molecule has 0 fully saturated rings. The van der Waals surface area contributed by atoms with Crippen LogP contribution in [0.3, 0.4) is 0 Å². The molecule has 3 aromatic rings. The van der Waals surface area contributed by atoms with Crippen LogP contribution in [0.25, 0.3) is 11.4 Å².